The second kappa shape index (κ2) is 7.04. The molecule has 6 heteroatoms. The Morgan fingerprint density at radius 3 is 2.68 bits per heavy atom. The van der Waals surface area contributed by atoms with Gasteiger partial charge in [0.25, 0.3) is 0 Å². The predicted octanol–water partition coefficient (Wildman–Crippen LogP) is 0.641. The first-order valence-electron chi connectivity index (χ1n) is 6.38. The van der Waals surface area contributed by atoms with Gasteiger partial charge in [0.15, 0.2) is 0 Å². The van der Waals surface area contributed by atoms with Crippen molar-refractivity contribution in [3.63, 3.8) is 0 Å². The Kier molecular flexibility index (Phi) is 5.69. The number of nitrogens with zero attached hydrogens (tertiary/aromatic N) is 3. The number of hydrogen-bond acceptors (Lipinski definition) is 5. The van der Waals surface area contributed by atoms with E-state index in [1.807, 2.05) is 38.9 Å². The normalized spacial score (nSPS) is 12.3. The van der Waals surface area contributed by atoms with Crippen LogP contribution in [0.1, 0.15) is 18.4 Å². The molecule has 0 saturated carbocycles. The van der Waals surface area contributed by atoms with E-state index >= 15 is 0 Å². The zero-order chi connectivity index (χ0) is 14.4. The van der Waals surface area contributed by atoms with Gasteiger partial charge in [-0.25, -0.2) is 9.97 Å². The lowest BCUT2D eigenvalue weighted by atomic mass is 10.1. The van der Waals surface area contributed by atoms with Crippen LogP contribution in [0.15, 0.2) is 6.07 Å². The van der Waals surface area contributed by atoms with Gasteiger partial charge in [-0.2, -0.15) is 0 Å². The van der Waals surface area contributed by atoms with Crippen LogP contribution in [-0.2, 0) is 11.3 Å². The highest BCUT2D eigenvalue weighted by Gasteiger charge is 2.14. The van der Waals surface area contributed by atoms with Crippen molar-refractivity contribution >= 4 is 11.7 Å². The average Bonchev–Trinajstić information content (AvgIpc) is 2.36. The molecule has 6 nitrogen and oxygen atoms in total. The molecule has 1 aromatic rings. The van der Waals surface area contributed by atoms with Gasteiger partial charge in [0.2, 0.25) is 5.91 Å². The standard InChI is InChI=1S/C13H23N5O/c1-9(13(19)15-4)7-18(5)8-12-16-10(2)6-11(14-3)17-12/h6,9H,7-8H2,1-5H3,(H,15,19)(H,14,16,17). The maximum Gasteiger partial charge on any atom is 0.223 e. The van der Waals surface area contributed by atoms with Crippen molar-refractivity contribution in [2.45, 2.75) is 20.4 Å². The number of anilines is 1. The second-order valence-electron chi connectivity index (χ2n) is 4.77. The van der Waals surface area contributed by atoms with Crippen molar-refractivity contribution in [3.8, 4) is 0 Å². The monoisotopic (exact) mass is 265 g/mol. The van der Waals surface area contributed by atoms with E-state index in [2.05, 4.69) is 20.6 Å². The fourth-order valence-corrected chi connectivity index (χ4v) is 1.93. The van der Waals surface area contributed by atoms with E-state index in [0.29, 0.717) is 13.1 Å². The highest BCUT2D eigenvalue weighted by molar-refractivity contribution is 5.78. The highest BCUT2D eigenvalue weighted by Crippen LogP contribution is 2.08. The maximum atomic E-state index is 11.5. The summed E-state index contributed by atoms with van der Waals surface area (Å²) in [6, 6.07) is 1.90. The Balaban J connectivity index is 2.63. The number of aryl methyl sites for hydroxylation is 1. The summed E-state index contributed by atoms with van der Waals surface area (Å²) in [6.45, 7) is 5.15. The van der Waals surface area contributed by atoms with E-state index < -0.39 is 0 Å². The third-order valence-corrected chi connectivity index (χ3v) is 2.85. The van der Waals surface area contributed by atoms with Crippen LogP contribution in [0, 0.1) is 12.8 Å². The third-order valence-electron chi connectivity index (χ3n) is 2.85. The molecular weight excluding hydrogens is 242 g/mol. The predicted molar refractivity (Wildman–Crippen MR) is 75.9 cm³/mol. The van der Waals surface area contributed by atoms with Crippen molar-refractivity contribution in [2.75, 3.05) is 33.0 Å². The molecule has 1 heterocycles. The van der Waals surface area contributed by atoms with Gasteiger partial charge >= 0.3 is 0 Å². The van der Waals surface area contributed by atoms with E-state index in [0.717, 1.165) is 17.3 Å². The molecule has 0 aromatic carbocycles. The minimum Gasteiger partial charge on any atom is -0.373 e. The lowest BCUT2D eigenvalue weighted by Crippen LogP contribution is -2.34. The first-order valence-corrected chi connectivity index (χ1v) is 6.38. The first kappa shape index (κ1) is 15.4. The number of carbonyl (C=O) groups is 1. The zero-order valence-corrected chi connectivity index (χ0v) is 12.3. The van der Waals surface area contributed by atoms with E-state index in [9.17, 15) is 4.79 Å². The minimum atomic E-state index is -0.0522. The van der Waals surface area contributed by atoms with E-state index in [-0.39, 0.29) is 11.8 Å². The summed E-state index contributed by atoms with van der Waals surface area (Å²) in [5, 5.41) is 5.67. The number of hydrogen-bond donors (Lipinski definition) is 2. The lowest BCUT2D eigenvalue weighted by molar-refractivity contribution is -0.124. The molecule has 0 aliphatic rings. The number of aromatic nitrogens is 2. The number of nitrogens with one attached hydrogen (secondary N) is 2. The summed E-state index contributed by atoms with van der Waals surface area (Å²) in [5.41, 5.74) is 0.932. The molecule has 1 rings (SSSR count). The number of carbonyl (C=O) groups excluding carboxylic acids is 1. The molecule has 1 unspecified atom stereocenters. The van der Waals surface area contributed by atoms with Gasteiger partial charge in [0.05, 0.1) is 6.54 Å². The molecule has 106 valence electrons. The van der Waals surface area contributed by atoms with E-state index in [1.54, 1.807) is 7.05 Å². The largest absolute Gasteiger partial charge is 0.373 e. The van der Waals surface area contributed by atoms with Crippen LogP contribution in [0.5, 0.6) is 0 Å². The second-order valence-corrected chi connectivity index (χ2v) is 4.77. The molecule has 1 aromatic heterocycles. The molecule has 0 bridgehead atoms. The van der Waals surface area contributed by atoms with Crippen LogP contribution in [0.25, 0.3) is 0 Å². The first-order chi connectivity index (χ1) is 8.96. The highest BCUT2D eigenvalue weighted by atomic mass is 16.1. The van der Waals surface area contributed by atoms with Crippen LogP contribution in [0.3, 0.4) is 0 Å². The van der Waals surface area contributed by atoms with Crippen LogP contribution in [0.4, 0.5) is 5.82 Å². The molecule has 19 heavy (non-hydrogen) atoms. The Hall–Kier alpha value is -1.69. The van der Waals surface area contributed by atoms with Crippen molar-refractivity contribution in [3.05, 3.63) is 17.6 Å². The molecule has 1 amide bonds. The minimum absolute atomic E-state index is 0.0490. The van der Waals surface area contributed by atoms with Gasteiger partial charge in [-0.3, -0.25) is 9.69 Å². The van der Waals surface area contributed by atoms with Crippen LogP contribution >= 0.6 is 0 Å². The van der Waals surface area contributed by atoms with Crippen molar-refractivity contribution in [2.24, 2.45) is 5.92 Å². The Morgan fingerprint density at radius 2 is 2.11 bits per heavy atom. The summed E-state index contributed by atoms with van der Waals surface area (Å²) < 4.78 is 0. The van der Waals surface area contributed by atoms with Crippen LogP contribution in [0.2, 0.25) is 0 Å². The van der Waals surface area contributed by atoms with Crippen molar-refractivity contribution in [1.82, 2.24) is 20.2 Å². The summed E-state index contributed by atoms with van der Waals surface area (Å²) >= 11 is 0. The Labute approximate surface area is 114 Å². The van der Waals surface area contributed by atoms with Gasteiger partial charge in [0.1, 0.15) is 11.6 Å². The smallest absolute Gasteiger partial charge is 0.223 e. The molecule has 0 aliphatic heterocycles. The quantitative estimate of drug-likeness (QED) is 0.790. The molecule has 1 atom stereocenters. The molecule has 0 spiro atoms. The summed E-state index contributed by atoms with van der Waals surface area (Å²) in [4.78, 5) is 22.3. The van der Waals surface area contributed by atoms with Gasteiger partial charge < -0.3 is 10.6 Å². The molecular formula is C13H23N5O. The van der Waals surface area contributed by atoms with Crippen molar-refractivity contribution < 1.29 is 4.79 Å². The fourth-order valence-electron chi connectivity index (χ4n) is 1.93. The maximum absolute atomic E-state index is 11.5. The topological polar surface area (TPSA) is 70.2 Å². The summed E-state index contributed by atoms with van der Waals surface area (Å²) in [7, 11) is 5.45. The van der Waals surface area contributed by atoms with Gasteiger partial charge in [-0.1, -0.05) is 6.92 Å². The van der Waals surface area contributed by atoms with E-state index in [1.165, 1.54) is 0 Å². The SMILES string of the molecule is CNC(=O)C(C)CN(C)Cc1nc(C)cc(NC)n1. The molecule has 0 saturated heterocycles. The fraction of sp³-hybridized carbons (Fsp3) is 0.615. The number of rotatable bonds is 6. The average molecular weight is 265 g/mol. The molecule has 0 aliphatic carbocycles. The molecule has 2 N–H and O–H groups in total. The summed E-state index contributed by atoms with van der Waals surface area (Å²) in [5.74, 6) is 1.57. The Morgan fingerprint density at radius 1 is 1.42 bits per heavy atom. The molecule has 0 radical (unpaired) electrons. The van der Waals surface area contributed by atoms with Crippen molar-refractivity contribution in [1.29, 1.82) is 0 Å². The van der Waals surface area contributed by atoms with Gasteiger partial charge in [-0.05, 0) is 14.0 Å². The van der Waals surface area contributed by atoms with Crippen LogP contribution in [-0.4, -0.2) is 48.5 Å². The lowest BCUT2D eigenvalue weighted by Gasteiger charge is -2.20. The van der Waals surface area contributed by atoms with Crippen LogP contribution < -0.4 is 10.6 Å². The third kappa shape index (κ3) is 4.82. The van der Waals surface area contributed by atoms with E-state index in [4.69, 9.17) is 0 Å². The van der Waals surface area contributed by atoms with Gasteiger partial charge in [0, 0.05) is 38.3 Å². The Bertz CT molecular complexity index is 435. The van der Waals surface area contributed by atoms with Gasteiger partial charge in [-0.15, -0.1) is 0 Å². The molecule has 0 fully saturated rings. The zero-order valence-electron chi connectivity index (χ0n) is 12.3. The number of amides is 1. The summed E-state index contributed by atoms with van der Waals surface area (Å²) in [6.07, 6.45) is 0.